The van der Waals surface area contributed by atoms with Gasteiger partial charge >= 0.3 is 29.6 Å². The summed E-state index contributed by atoms with van der Waals surface area (Å²) in [5.41, 5.74) is 7.37. The topological polar surface area (TPSA) is 86.7 Å². The Bertz CT molecular complexity index is 1120. The summed E-state index contributed by atoms with van der Waals surface area (Å²) in [6, 6.07) is 3.95. The minimum atomic E-state index is -4.84. The largest absolute Gasteiger partial charge is 1.00 e. The fourth-order valence-electron chi connectivity index (χ4n) is 3.81. The molecule has 0 fully saturated rings. The van der Waals surface area contributed by atoms with E-state index >= 15 is 0 Å². The van der Waals surface area contributed by atoms with E-state index in [1.165, 1.54) is 46.1 Å². The summed E-state index contributed by atoms with van der Waals surface area (Å²) in [5.74, 6) is -0.0668. The van der Waals surface area contributed by atoms with Gasteiger partial charge in [-0.3, -0.25) is 0 Å². The predicted molar refractivity (Wildman–Crippen MR) is 154 cm³/mol. The first-order chi connectivity index (χ1) is 17.4. The number of phenolic OH excluding ortho intramolecular Hbond substituents is 1. The van der Waals surface area contributed by atoms with Crippen LogP contribution < -0.4 is 33.7 Å². The second-order valence-corrected chi connectivity index (χ2v) is 11.1. The number of benzene rings is 1. The molecule has 1 aromatic carbocycles. The quantitative estimate of drug-likeness (QED) is 0.124. The molecule has 0 bridgehead atoms. The standard InChI is InChI=1S/C31H46O5S.Na/c1-24(2)11-7-12-25(3)13-8-14-26(4)15-9-16-27(5)17-10-18-28(6)19-20-29-23-30(21-22-31(29)32)36-37(33,34)35;/h11,13,15,17,19,21-23,32H,7-10,12,14,16,18,20H2,1-6H3,(H,33,34,35);/q;+1/p-1/b25-13+,26-15+,27-17+,28-19+;. The van der Waals surface area contributed by atoms with Crippen LogP contribution in [0.25, 0.3) is 0 Å². The second-order valence-electron chi connectivity index (χ2n) is 10.1. The summed E-state index contributed by atoms with van der Waals surface area (Å²) in [5, 5.41) is 10.0. The van der Waals surface area contributed by atoms with Crippen molar-refractivity contribution in [3.05, 3.63) is 82.0 Å². The minimum absolute atomic E-state index is 0. The van der Waals surface area contributed by atoms with E-state index in [1.54, 1.807) is 0 Å². The van der Waals surface area contributed by atoms with Gasteiger partial charge in [0.2, 0.25) is 0 Å². The first-order valence-corrected chi connectivity index (χ1v) is 14.4. The fourth-order valence-corrected chi connectivity index (χ4v) is 4.15. The molecule has 1 N–H and O–H groups in total. The van der Waals surface area contributed by atoms with Crippen LogP contribution in [-0.4, -0.2) is 18.1 Å². The molecular weight excluding hydrogens is 507 g/mol. The van der Waals surface area contributed by atoms with Gasteiger partial charge < -0.3 is 13.8 Å². The number of hydrogen-bond donors (Lipinski definition) is 1. The predicted octanol–water partition coefficient (Wildman–Crippen LogP) is 5.65. The van der Waals surface area contributed by atoms with Gasteiger partial charge in [0.05, 0.1) is 0 Å². The van der Waals surface area contributed by atoms with Crippen molar-refractivity contribution in [1.29, 1.82) is 0 Å². The van der Waals surface area contributed by atoms with Crippen molar-refractivity contribution in [2.24, 2.45) is 0 Å². The Morgan fingerprint density at radius 3 is 1.61 bits per heavy atom. The van der Waals surface area contributed by atoms with Crippen LogP contribution in [0.15, 0.2) is 76.4 Å². The SMILES string of the molecule is CC(C)=CCC/C(C)=C/CC/C(C)=C/CC/C(C)=C/CC/C(C)=C/Cc1cc(OS(=O)(=O)[O-])ccc1O.[Na+]. The van der Waals surface area contributed by atoms with Crippen molar-refractivity contribution in [2.45, 2.75) is 99.3 Å². The average Bonchev–Trinajstić information content (AvgIpc) is 2.78. The molecule has 7 heteroatoms. The summed E-state index contributed by atoms with van der Waals surface area (Å²) in [6.07, 6.45) is 20.2. The van der Waals surface area contributed by atoms with E-state index in [1.807, 2.05) is 13.0 Å². The van der Waals surface area contributed by atoms with Crippen molar-refractivity contribution in [3.8, 4) is 11.5 Å². The smallest absolute Gasteiger partial charge is 0.716 e. The van der Waals surface area contributed by atoms with Crippen LogP contribution in [0.3, 0.4) is 0 Å². The molecule has 38 heavy (non-hydrogen) atoms. The summed E-state index contributed by atoms with van der Waals surface area (Å²) in [4.78, 5) is 0. The number of phenols is 1. The number of rotatable bonds is 16. The van der Waals surface area contributed by atoms with Crippen LogP contribution >= 0.6 is 0 Å². The van der Waals surface area contributed by atoms with E-state index < -0.39 is 10.4 Å². The fraction of sp³-hybridized carbons (Fsp3) is 0.484. The van der Waals surface area contributed by atoms with Gasteiger partial charge in [-0.2, -0.15) is 0 Å². The van der Waals surface area contributed by atoms with Gasteiger partial charge in [-0.1, -0.05) is 58.2 Å². The third kappa shape index (κ3) is 18.6. The maximum atomic E-state index is 10.8. The molecule has 0 saturated carbocycles. The van der Waals surface area contributed by atoms with Crippen LogP contribution in [0.2, 0.25) is 0 Å². The first kappa shape index (κ1) is 36.4. The van der Waals surface area contributed by atoms with E-state index in [2.05, 4.69) is 63.1 Å². The molecular formula is C31H45NaO5S. The molecule has 0 heterocycles. The second kappa shape index (κ2) is 19.5. The maximum absolute atomic E-state index is 10.8. The Kier molecular flexibility index (Phi) is 18.7. The van der Waals surface area contributed by atoms with Crippen molar-refractivity contribution in [1.82, 2.24) is 0 Å². The van der Waals surface area contributed by atoms with Gasteiger partial charge in [0, 0.05) is 5.56 Å². The van der Waals surface area contributed by atoms with Crippen molar-refractivity contribution in [3.63, 3.8) is 0 Å². The molecule has 0 aromatic heterocycles. The van der Waals surface area contributed by atoms with E-state index in [-0.39, 0.29) is 41.1 Å². The van der Waals surface area contributed by atoms with Crippen LogP contribution in [0.1, 0.15) is 98.5 Å². The van der Waals surface area contributed by atoms with Crippen molar-refractivity contribution in [2.75, 3.05) is 0 Å². The van der Waals surface area contributed by atoms with Gasteiger partial charge in [-0.05, 0) is 118 Å². The molecule has 0 aliphatic heterocycles. The molecule has 0 saturated heterocycles. The van der Waals surface area contributed by atoms with E-state index in [4.69, 9.17) is 0 Å². The molecule has 0 aliphatic rings. The number of aromatic hydroxyl groups is 1. The molecule has 1 aromatic rings. The van der Waals surface area contributed by atoms with Crippen molar-refractivity contribution < 1.29 is 51.8 Å². The third-order valence-electron chi connectivity index (χ3n) is 6.11. The molecule has 0 radical (unpaired) electrons. The third-order valence-corrected chi connectivity index (χ3v) is 6.50. The molecule has 0 atom stereocenters. The Labute approximate surface area is 253 Å². The van der Waals surface area contributed by atoms with Gasteiger partial charge in [0.25, 0.3) is 10.4 Å². The Morgan fingerprint density at radius 1 is 0.763 bits per heavy atom. The molecule has 1 rings (SSSR count). The summed E-state index contributed by atoms with van der Waals surface area (Å²) in [7, 11) is -4.84. The van der Waals surface area contributed by atoms with Crippen LogP contribution in [0, 0.1) is 0 Å². The Hall–Kier alpha value is -1.57. The number of allylic oxidation sites excluding steroid dienone is 10. The molecule has 0 spiro atoms. The first-order valence-electron chi connectivity index (χ1n) is 13.1. The normalized spacial score (nSPS) is 13.2. The zero-order valence-electron chi connectivity index (χ0n) is 24.5. The maximum Gasteiger partial charge on any atom is 1.00 e. The van der Waals surface area contributed by atoms with Crippen LogP contribution in [-0.2, 0) is 16.8 Å². The number of hydrogen-bond acceptors (Lipinski definition) is 5. The monoisotopic (exact) mass is 552 g/mol. The average molecular weight is 553 g/mol. The zero-order valence-corrected chi connectivity index (χ0v) is 27.3. The van der Waals surface area contributed by atoms with E-state index in [0.717, 1.165) is 51.4 Å². The minimum Gasteiger partial charge on any atom is -0.716 e. The van der Waals surface area contributed by atoms with Crippen molar-refractivity contribution >= 4 is 10.4 Å². The van der Waals surface area contributed by atoms with E-state index in [0.29, 0.717) is 12.0 Å². The Balaban J connectivity index is 0.0000137. The summed E-state index contributed by atoms with van der Waals surface area (Å²) < 4.78 is 36.7. The summed E-state index contributed by atoms with van der Waals surface area (Å²) >= 11 is 0. The molecule has 0 aliphatic carbocycles. The van der Waals surface area contributed by atoms with Gasteiger partial charge in [-0.25, -0.2) is 8.42 Å². The van der Waals surface area contributed by atoms with Gasteiger partial charge in [0.1, 0.15) is 11.5 Å². The molecule has 0 unspecified atom stereocenters. The Morgan fingerprint density at radius 2 is 1.18 bits per heavy atom. The zero-order chi connectivity index (χ0) is 27.8. The van der Waals surface area contributed by atoms with Crippen LogP contribution in [0.4, 0.5) is 0 Å². The molecule has 0 amide bonds. The van der Waals surface area contributed by atoms with Crippen LogP contribution in [0.5, 0.6) is 11.5 Å². The van der Waals surface area contributed by atoms with Gasteiger partial charge in [0.15, 0.2) is 0 Å². The van der Waals surface area contributed by atoms with Gasteiger partial charge in [-0.15, -0.1) is 0 Å². The van der Waals surface area contributed by atoms with E-state index in [9.17, 15) is 18.1 Å². The molecule has 206 valence electrons. The summed E-state index contributed by atoms with van der Waals surface area (Å²) in [6.45, 7) is 13.0. The molecule has 5 nitrogen and oxygen atoms in total.